The molecule has 0 saturated heterocycles. The zero-order chi connectivity index (χ0) is 4.99. The third-order valence-corrected chi connectivity index (χ3v) is 1.29. The minimum absolute atomic E-state index is 0.743. The molecule has 0 fully saturated rings. The van der Waals surface area contributed by atoms with Crippen LogP contribution >= 0.6 is 0 Å². The Morgan fingerprint density at radius 1 is 1.33 bits per heavy atom. The fourth-order valence-corrected chi connectivity index (χ4v) is 0.0962. The second kappa shape index (κ2) is 3.08. The van der Waals surface area contributed by atoms with Crippen molar-refractivity contribution in [1.29, 1.82) is 0 Å². The van der Waals surface area contributed by atoms with Crippen LogP contribution in [0.25, 0.3) is 0 Å². The van der Waals surface area contributed by atoms with Crippen molar-refractivity contribution in [2.24, 2.45) is 0 Å². The number of carbonyl (C=O) groups is 2. The summed E-state index contributed by atoms with van der Waals surface area (Å²) in [5.41, 5.74) is 0. The lowest BCUT2D eigenvalue weighted by Gasteiger charge is -1.67. The van der Waals surface area contributed by atoms with Crippen LogP contribution in [0.5, 0.6) is 0 Å². The topological polar surface area (TPSA) is 34.1 Å². The number of rotatable bonds is 2. The van der Waals surface area contributed by atoms with E-state index < -0.39 is 14.1 Å². The molecule has 2 nitrogen and oxygen atoms in total. The van der Waals surface area contributed by atoms with Gasteiger partial charge in [-0.05, 0) is 0 Å². The summed E-state index contributed by atoms with van der Waals surface area (Å²) in [6.45, 7) is 0. The Balaban J connectivity index is 3.21. The highest BCUT2D eigenvalue weighted by molar-refractivity contribution is 7.02. The summed E-state index contributed by atoms with van der Waals surface area (Å²) in [6.07, 6.45) is 0. The molecule has 0 atom stereocenters. The van der Waals surface area contributed by atoms with Crippen molar-refractivity contribution in [2.75, 3.05) is 0 Å². The molecule has 0 unspecified atom stereocenters. The Morgan fingerprint density at radius 2 is 1.67 bits per heavy atom. The summed E-state index contributed by atoms with van der Waals surface area (Å²) in [4.78, 5) is 19.1. The molecule has 0 heterocycles. The van der Waals surface area contributed by atoms with Crippen LogP contribution < -0.4 is 0 Å². The molecule has 0 saturated carbocycles. The van der Waals surface area contributed by atoms with E-state index >= 15 is 0 Å². The summed E-state index contributed by atoms with van der Waals surface area (Å²) in [5.74, 6) is 1.68. The minimum Gasteiger partial charge on any atom is -0.324 e. The summed E-state index contributed by atoms with van der Waals surface area (Å²) in [5, 5.41) is 1.49. The fourth-order valence-electron chi connectivity index (χ4n) is 0.0321. The lowest BCUT2D eigenvalue weighted by Crippen LogP contribution is -2.09. The highest BCUT2D eigenvalue weighted by Gasteiger charge is 2.04. The van der Waals surface area contributed by atoms with Crippen LogP contribution in [-0.2, 0) is 9.59 Å². The average Bonchev–Trinajstić information content (AvgIpc) is 1.65. The van der Waals surface area contributed by atoms with Crippen molar-refractivity contribution in [3.05, 3.63) is 0 Å². The second-order valence-electron chi connectivity index (χ2n) is 1.13. The molecule has 0 rings (SSSR count). The second-order valence-corrected chi connectivity index (χ2v) is 3.39. The van der Waals surface area contributed by atoms with Gasteiger partial charge >= 0.3 is 14.1 Å². The van der Waals surface area contributed by atoms with Crippen molar-refractivity contribution in [3.63, 3.8) is 0 Å². The van der Waals surface area contributed by atoms with E-state index in [1.807, 2.05) is 0 Å². The Kier molecular flexibility index (Phi) is 3.01. The Morgan fingerprint density at radius 3 is 1.67 bits per heavy atom. The van der Waals surface area contributed by atoms with E-state index in [1.54, 1.807) is 5.79 Å². The van der Waals surface area contributed by atoms with Gasteiger partial charge in [0.1, 0.15) is 0 Å². The van der Waals surface area contributed by atoms with Gasteiger partial charge in [-0.25, -0.2) is 0 Å². The van der Waals surface area contributed by atoms with Gasteiger partial charge in [-0.1, -0.05) is 5.79 Å². The SMILES string of the molecule is [CH3][Al]([CH]=O)[CH]=O. The van der Waals surface area contributed by atoms with Crippen LogP contribution in [0.4, 0.5) is 0 Å². The average molecular weight is 100 g/mol. The molecule has 0 aliphatic rings. The predicted octanol–water partition coefficient (Wildman–Crippen LogP) is -0.345. The molecule has 0 bridgehead atoms. The molecule has 3 heteroatoms. The molecular formula is C3H5AlO2. The maximum Gasteiger partial charge on any atom is 0.447 e. The standard InChI is InChI=1S/2CHO.CH3.Al/c2*1-2;;/h2*1H;1H3;. The smallest absolute Gasteiger partial charge is 0.324 e. The molecule has 0 aliphatic carbocycles. The van der Waals surface area contributed by atoms with E-state index in [1.165, 1.54) is 0 Å². The third-order valence-electron chi connectivity index (χ3n) is 0.429. The van der Waals surface area contributed by atoms with E-state index in [0.29, 0.717) is 0 Å². The lowest BCUT2D eigenvalue weighted by atomic mass is 11.7. The van der Waals surface area contributed by atoms with Crippen molar-refractivity contribution >= 4 is 24.4 Å². The first-order valence-corrected chi connectivity index (χ1v) is 4.20. The quantitative estimate of drug-likeness (QED) is 0.351. The van der Waals surface area contributed by atoms with E-state index in [9.17, 15) is 9.59 Å². The van der Waals surface area contributed by atoms with Crippen molar-refractivity contribution in [2.45, 2.75) is 5.79 Å². The van der Waals surface area contributed by atoms with Crippen LogP contribution in [0.3, 0.4) is 0 Å². The van der Waals surface area contributed by atoms with Gasteiger partial charge in [0.05, 0.1) is 10.3 Å². The fraction of sp³-hybridized carbons (Fsp3) is 0.333. The molecule has 32 valence electrons. The molecule has 0 aromatic rings. The van der Waals surface area contributed by atoms with E-state index in [4.69, 9.17) is 0 Å². The van der Waals surface area contributed by atoms with Crippen molar-refractivity contribution in [3.8, 4) is 0 Å². The lowest BCUT2D eigenvalue weighted by molar-refractivity contribution is 0.563. The first-order chi connectivity index (χ1) is 2.81. The molecule has 0 spiro atoms. The number of hydrogen-bond acceptors (Lipinski definition) is 2. The van der Waals surface area contributed by atoms with Crippen molar-refractivity contribution < 1.29 is 9.59 Å². The monoisotopic (exact) mass is 100 g/mol. The summed E-state index contributed by atoms with van der Waals surface area (Å²) in [6, 6.07) is 0. The summed E-state index contributed by atoms with van der Waals surface area (Å²) < 4.78 is 0. The maximum atomic E-state index is 9.57. The van der Waals surface area contributed by atoms with Gasteiger partial charge in [-0.2, -0.15) is 0 Å². The van der Waals surface area contributed by atoms with Crippen molar-refractivity contribution in [1.82, 2.24) is 0 Å². The molecule has 0 aliphatic heterocycles. The Labute approximate surface area is 40.5 Å². The Bertz CT molecular complexity index is 53.8. The first-order valence-electron chi connectivity index (χ1n) is 1.72. The van der Waals surface area contributed by atoms with E-state index in [-0.39, 0.29) is 0 Å². The largest absolute Gasteiger partial charge is 0.447 e. The Hall–Kier alpha value is -0.128. The zero-order valence-electron chi connectivity index (χ0n) is 3.55. The van der Waals surface area contributed by atoms with Gasteiger partial charge in [0.15, 0.2) is 0 Å². The molecule has 0 amide bonds. The molecular weight excluding hydrogens is 95.0 g/mol. The highest BCUT2D eigenvalue weighted by Crippen LogP contribution is 1.60. The molecule has 0 N–H and O–H groups in total. The van der Waals surface area contributed by atoms with Gasteiger partial charge < -0.3 is 9.59 Å². The van der Waals surface area contributed by atoms with Gasteiger partial charge in [-0.3, -0.25) is 0 Å². The van der Waals surface area contributed by atoms with Crippen LogP contribution in [0, 0.1) is 0 Å². The first kappa shape index (κ1) is 5.87. The van der Waals surface area contributed by atoms with Crippen LogP contribution in [0.15, 0.2) is 0 Å². The van der Waals surface area contributed by atoms with Crippen LogP contribution in [-0.4, -0.2) is 24.4 Å². The normalized spacial score (nSPS) is 6.83. The molecule has 0 radical (unpaired) electrons. The number of carbonyl (C=O) groups excluding carboxylic acids is 2. The van der Waals surface area contributed by atoms with E-state index in [2.05, 4.69) is 0 Å². The van der Waals surface area contributed by atoms with E-state index in [0.717, 1.165) is 10.3 Å². The zero-order valence-corrected chi connectivity index (χ0v) is 4.70. The highest BCUT2D eigenvalue weighted by atomic mass is 27.2. The minimum atomic E-state index is -1.52. The molecule has 0 aromatic carbocycles. The molecule has 0 aromatic heterocycles. The predicted molar refractivity (Wildman–Crippen MR) is 25.1 cm³/mol. The van der Waals surface area contributed by atoms with Gasteiger partial charge in [0.25, 0.3) is 0 Å². The van der Waals surface area contributed by atoms with Gasteiger partial charge in [0, 0.05) is 0 Å². The number of hydrogen-bond donors (Lipinski definition) is 0. The van der Waals surface area contributed by atoms with Gasteiger partial charge in [-0.15, -0.1) is 0 Å². The van der Waals surface area contributed by atoms with Crippen LogP contribution in [0.2, 0.25) is 5.79 Å². The summed E-state index contributed by atoms with van der Waals surface area (Å²) in [7, 11) is 0. The molecule has 6 heavy (non-hydrogen) atoms. The maximum absolute atomic E-state index is 9.57. The summed E-state index contributed by atoms with van der Waals surface area (Å²) >= 11 is -1.52. The van der Waals surface area contributed by atoms with Gasteiger partial charge in [0.2, 0.25) is 0 Å². The van der Waals surface area contributed by atoms with Crippen LogP contribution in [0.1, 0.15) is 0 Å². The third kappa shape index (κ3) is 2.13.